The predicted octanol–water partition coefficient (Wildman–Crippen LogP) is 1.27. The molecule has 0 amide bonds. The maximum absolute atomic E-state index is 5.77. The van der Waals surface area contributed by atoms with Gasteiger partial charge in [-0.2, -0.15) is 5.10 Å². The van der Waals surface area contributed by atoms with E-state index in [0.29, 0.717) is 0 Å². The molecular weight excluding hydrogens is 276 g/mol. The Labute approximate surface area is 122 Å². The Hall–Kier alpha value is -1.51. The van der Waals surface area contributed by atoms with Crippen molar-refractivity contribution >= 4 is 11.5 Å². The summed E-state index contributed by atoms with van der Waals surface area (Å²) in [5.41, 5.74) is 4.71. The first kappa shape index (κ1) is 14.9. The van der Waals surface area contributed by atoms with Crippen molar-refractivity contribution in [1.29, 1.82) is 0 Å². The average molecular weight is 296 g/mol. The van der Waals surface area contributed by atoms with E-state index >= 15 is 0 Å². The second kappa shape index (κ2) is 6.78. The van der Waals surface area contributed by atoms with Gasteiger partial charge in [-0.15, -0.1) is 5.10 Å². The van der Waals surface area contributed by atoms with Crippen molar-refractivity contribution in [1.82, 2.24) is 24.8 Å². The van der Waals surface area contributed by atoms with Gasteiger partial charge in [0.25, 0.3) is 0 Å². The molecule has 0 spiro atoms. The van der Waals surface area contributed by atoms with Gasteiger partial charge in [0.1, 0.15) is 11.7 Å². The number of nitrogens with two attached hydrogens (primary N) is 1. The highest BCUT2D eigenvalue weighted by molar-refractivity contribution is 7.05. The molecule has 0 aromatic carbocycles. The van der Waals surface area contributed by atoms with Crippen LogP contribution in [0.25, 0.3) is 0 Å². The molecule has 3 N–H and O–H groups in total. The van der Waals surface area contributed by atoms with Crippen LogP contribution in [0.2, 0.25) is 0 Å². The van der Waals surface area contributed by atoms with E-state index in [-0.39, 0.29) is 6.04 Å². The molecule has 8 heteroatoms. The maximum Gasteiger partial charge on any atom is 0.162 e. The molecule has 0 bridgehead atoms. The third-order valence-electron chi connectivity index (χ3n) is 3.12. The van der Waals surface area contributed by atoms with E-state index in [1.807, 2.05) is 11.6 Å². The lowest BCUT2D eigenvalue weighted by Gasteiger charge is -2.18. The quantitative estimate of drug-likeness (QED) is 0.590. The lowest BCUT2D eigenvalue weighted by molar-refractivity contribution is 0.398. The van der Waals surface area contributed by atoms with Crippen LogP contribution in [-0.4, -0.2) is 26.5 Å². The molecule has 110 valence electrons. The minimum absolute atomic E-state index is 0.214. The Bertz CT molecular complexity index is 552. The van der Waals surface area contributed by atoms with Crippen molar-refractivity contribution in [3.8, 4) is 5.75 Å². The highest BCUT2D eigenvalue weighted by Crippen LogP contribution is 2.32. The molecule has 0 radical (unpaired) electrons. The number of hydrogen-bond acceptors (Lipinski definition) is 7. The number of hydrogen-bond donors (Lipinski definition) is 2. The first-order chi connectivity index (χ1) is 9.76. The van der Waals surface area contributed by atoms with Crippen LogP contribution < -0.4 is 16.0 Å². The molecule has 1 unspecified atom stereocenters. The van der Waals surface area contributed by atoms with Crippen molar-refractivity contribution < 1.29 is 4.74 Å². The molecule has 2 heterocycles. The standard InChI is InChI=1S/C12H20N6OS/c1-4-6-18-11(9(19-3)7-14-18)10(15-13)12-8(5-2)16-17-20-12/h7,10,15H,4-6,13H2,1-3H3. The van der Waals surface area contributed by atoms with Crippen LogP contribution in [-0.2, 0) is 13.0 Å². The number of nitrogens with one attached hydrogen (secondary N) is 1. The fraction of sp³-hybridized carbons (Fsp3) is 0.583. The Morgan fingerprint density at radius 1 is 1.50 bits per heavy atom. The molecule has 0 fully saturated rings. The molecule has 0 saturated carbocycles. The van der Waals surface area contributed by atoms with E-state index in [2.05, 4.69) is 27.0 Å². The van der Waals surface area contributed by atoms with Gasteiger partial charge in [-0.1, -0.05) is 18.3 Å². The van der Waals surface area contributed by atoms with Crippen LogP contribution in [0.5, 0.6) is 5.75 Å². The van der Waals surface area contributed by atoms with Crippen LogP contribution in [0.1, 0.15) is 42.6 Å². The van der Waals surface area contributed by atoms with E-state index in [4.69, 9.17) is 10.6 Å². The van der Waals surface area contributed by atoms with Crippen molar-refractivity contribution in [2.45, 2.75) is 39.3 Å². The Morgan fingerprint density at radius 3 is 2.90 bits per heavy atom. The summed E-state index contributed by atoms with van der Waals surface area (Å²) in [6.45, 7) is 4.97. The van der Waals surface area contributed by atoms with Gasteiger partial charge >= 0.3 is 0 Å². The first-order valence-electron chi connectivity index (χ1n) is 6.63. The molecule has 2 aromatic heterocycles. The summed E-state index contributed by atoms with van der Waals surface area (Å²) >= 11 is 1.35. The van der Waals surface area contributed by atoms with E-state index in [0.717, 1.165) is 41.4 Å². The van der Waals surface area contributed by atoms with Crippen LogP contribution in [0.4, 0.5) is 0 Å². The largest absolute Gasteiger partial charge is 0.493 e. The Balaban J connectivity index is 2.48. The molecule has 2 aromatic rings. The van der Waals surface area contributed by atoms with E-state index < -0.39 is 0 Å². The average Bonchev–Trinajstić information content (AvgIpc) is 3.08. The number of aryl methyl sites for hydroxylation is 2. The summed E-state index contributed by atoms with van der Waals surface area (Å²) in [5, 5.41) is 8.52. The van der Waals surface area contributed by atoms with Gasteiger partial charge in [0.2, 0.25) is 0 Å². The number of aromatic nitrogens is 4. The van der Waals surface area contributed by atoms with Gasteiger partial charge in [0.05, 0.1) is 23.9 Å². The summed E-state index contributed by atoms with van der Waals surface area (Å²) < 4.78 is 11.4. The SMILES string of the molecule is CCCn1ncc(OC)c1C(NN)c1snnc1CC. The van der Waals surface area contributed by atoms with Gasteiger partial charge < -0.3 is 4.74 Å². The van der Waals surface area contributed by atoms with Gasteiger partial charge in [-0.3, -0.25) is 10.5 Å². The lowest BCUT2D eigenvalue weighted by atomic mass is 10.1. The zero-order valence-corrected chi connectivity index (χ0v) is 12.8. The number of rotatable bonds is 7. The van der Waals surface area contributed by atoms with Crippen molar-refractivity contribution in [3.63, 3.8) is 0 Å². The number of hydrazine groups is 1. The van der Waals surface area contributed by atoms with Crippen LogP contribution in [0.15, 0.2) is 6.20 Å². The highest BCUT2D eigenvalue weighted by atomic mass is 32.1. The molecule has 0 aliphatic carbocycles. The van der Waals surface area contributed by atoms with Gasteiger partial charge in [0, 0.05) is 6.54 Å². The third-order valence-corrected chi connectivity index (χ3v) is 3.95. The molecule has 20 heavy (non-hydrogen) atoms. The van der Waals surface area contributed by atoms with Gasteiger partial charge in [-0.25, -0.2) is 5.43 Å². The van der Waals surface area contributed by atoms with Crippen molar-refractivity contribution in [2.75, 3.05) is 7.11 Å². The van der Waals surface area contributed by atoms with Crippen LogP contribution >= 0.6 is 11.5 Å². The fourth-order valence-corrected chi connectivity index (χ4v) is 2.98. The minimum atomic E-state index is -0.214. The summed E-state index contributed by atoms with van der Waals surface area (Å²) in [6, 6.07) is -0.214. The first-order valence-corrected chi connectivity index (χ1v) is 7.41. The molecule has 0 saturated heterocycles. The smallest absolute Gasteiger partial charge is 0.162 e. The molecule has 2 rings (SSSR count). The van der Waals surface area contributed by atoms with E-state index in [1.165, 1.54) is 11.5 Å². The van der Waals surface area contributed by atoms with Crippen molar-refractivity contribution in [2.24, 2.45) is 5.84 Å². The Kier molecular flexibility index (Phi) is 5.05. The second-order valence-electron chi connectivity index (χ2n) is 4.36. The number of methoxy groups -OCH3 is 1. The van der Waals surface area contributed by atoms with E-state index in [9.17, 15) is 0 Å². The monoisotopic (exact) mass is 296 g/mol. The fourth-order valence-electron chi connectivity index (χ4n) is 2.17. The second-order valence-corrected chi connectivity index (χ2v) is 5.14. The van der Waals surface area contributed by atoms with Gasteiger partial charge in [0.15, 0.2) is 5.75 Å². The third kappa shape index (κ3) is 2.67. The lowest BCUT2D eigenvalue weighted by Crippen LogP contribution is -2.31. The van der Waals surface area contributed by atoms with Crippen molar-refractivity contribution in [3.05, 3.63) is 22.5 Å². The topological polar surface area (TPSA) is 90.9 Å². The Morgan fingerprint density at radius 2 is 2.30 bits per heavy atom. The van der Waals surface area contributed by atoms with Crippen LogP contribution in [0, 0.1) is 0 Å². The molecular formula is C12H20N6OS. The molecule has 7 nitrogen and oxygen atoms in total. The number of ether oxygens (including phenoxy) is 1. The summed E-state index contributed by atoms with van der Waals surface area (Å²) in [5.74, 6) is 6.49. The summed E-state index contributed by atoms with van der Waals surface area (Å²) in [4.78, 5) is 1.01. The summed E-state index contributed by atoms with van der Waals surface area (Å²) in [7, 11) is 1.63. The summed E-state index contributed by atoms with van der Waals surface area (Å²) in [6.07, 6.45) is 3.51. The minimum Gasteiger partial charge on any atom is -0.493 e. The maximum atomic E-state index is 5.77. The van der Waals surface area contributed by atoms with Gasteiger partial charge in [-0.05, 0) is 24.4 Å². The molecule has 0 aliphatic heterocycles. The molecule has 0 aliphatic rings. The molecule has 1 atom stereocenters. The highest BCUT2D eigenvalue weighted by Gasteiger charge is 2.26. The van der Waals surface area contributed by atoms with Crippen LogP contribution in [0.3, 0.4) is 0 Å². The normalized spacial score (nSPS) is 12.6. The zero-order valence-electron chi connectivity index (χ0n) is 12.0. The van der Waals surface area contributed by atoms with E-state index in [1.54, 1.807) is 13.3 Å². The zero-order chi connectivity index (χ0) is 14.5. The predicted molar refractivity (Wildman–Crippen MR) is 77.5 cm³/mol. The number of nitrogens with zero attached hydrogens (tertiary/aromatic N) is 4.